The van der Waals surface area contributed by atoms with E-state index in [1.807, 2.05) is 0 Å². The molecule has 0 fully saturated rings. The van der Waals surface area contributed by atoms with Crippen molar-refractivity contribution in [3.63, 3.8) is 0 Å². The summed E-state index contributed by atoms with van der Waals surface area (Å²) in [6, 6.07) is 14.8. The number of fused-ring (bicyclic) bond motifs is 1. The molecule has 2 aromatic carbocycles. The monoisotopic (exact) mass is 243 g/mol. The smallest absolute Gasteiger partial charge is 0.0494 e. The molecule has 0 saturated carbocycles. The first-order chi connectivity index (χ1) is 8.62. The lowest BCUT2D eigenvalue weighted by molar-refractivity contribution is 0.157. The van der Waals surface area contributed by atoms with Gasteiger partial charge >= 0.3 is 0 Å². The lowest BCUT2D eigenvalue weighted by Gasteiger charge is -2.22. The molecule has 0 aliphatic rings. The standard InChI is InChI=1S/C16H21NO/c1-16(2,12-18)11-17-10-14-8-5-7-13-6-3-4-9-15(13)14/h3-9,17-18H,10-12H2,1-2H3. The zero-order chi connectivity index (χ0) is 13.0. The molecule has 0 aliphatic carbocycles. The Hall–Kier alpha value is -1.38. The predicted octanol–water partition coefficient (Wildman–Crippen LogP) is 2.95. The molecule has 0 aliphatic heterocycles. The van der Waals surface area contributed by atoms with Crippen molar-refractivity contribution in [2.45, 2.75) is 20.4 Å². The second-order valence-corrected chi connectivity index (χ2v) is 5.56. The molecule has 0 spiro atoms. The molecule has 0 amide bonds. The first-order valence-corrected chi connectivity index (χ1v) is 6.41. The van der Waals surface area contributed by atoms with E-state index >= 15 is 0 Å². The van der Waals surface area contributed by atoms with Gasteiger partial charge in [0.25, 0.3) is 0 Å². The Balaban J connectivity index is 2.08. The minimum Gasteiger partial charge on any atom is -0.396 e. The normalized spacial score (nSPS) is 11.9. The molecular weight excluding hydrogens is 222 g/mol. The Bertz CT molecular complexity index is 514. The maximum atomic E-state index is 9.22. The van der Waals surface area contributed by atoms with Crippen molar-refractivity contribution in [1.82, 2.24) is 5.32 Å². The second-order valence-electron chi connectivity index (χ2n) is 5.56. The Labute approximate surface area is 109 Å². The van der Waals surface area contributed by atoms with Gasteiger partial charge in [-0.1, -0.05) is 56.3 Å². The molecule has 0 radical (unpaired) electrons. The number of nitrogens with one attached hydrogen (secondary N) is 1. The zero-order valence-corrected chi connectivity index (χ0v) is 11.1. The highest BCUT2D eigenvalue weighted by Gasteiger charge is 2.15. The maximum absolute atomic E-state index is 9.22. The summed E-state index contributed by atoms with van der Waals surface area (Å²) >= 11 is 0. The van der Waals surface area contributed by atoms with Gasteiger partial charge in [0, 0.05) is 25.1 Å². The van der Waals surface area contributed by atoms with Crippen LogP contribution in [0.3, 0.4) is 0 Å². The summed E-state index contributed by atoms with van der Waals surface area (Å²) in [5.41, 5.74) is 1.24. The number of hydrogen-bond acceptors (Lipinski definition) is 2. The van der Waals surface area contributed by atoms with Crippen LogP contribution in [0.25, 0.3) is 10.8 Å². The Kier molecular flexibility index (Phi) is 4.00. The van der Waals surface area contributed by atoms with Crippen LogP contribution in [0.1, 0.15) is 19.4 Å². The van der Waals surface area contributed by atoms with Crippen LogP contribution in [-0.4, -0.2) is 18.3 Å². The third-order valence-electron chi connectivity index (χ3n) is 3.23. The van der Waals surface area contributed by atoms with Crippen LogP contribution in [0, 0.1) is 5.41 Å². The van der Waals surface area contributed by atoms with Crippen LogP contribution in [0.4, 0.5) is 0 Å². The fourth-order valence-electron chi connectivity index (χ4n) is 2.04. The molecule has 18 heavy (non-hydrogen) atoms. The molecule has 2 heteroatoms. The third kappa shape index (κ3) is 3.09. The minimum absolute atomic E-state index is 0.0649. The highest BCUT2D eigenvalue weighted by atomic mass is 16.3. The van der Waals surface area contributed by atoms with Gasteiger partial charge in [-0.2, -0.15) is 0 Å². The minimum atomic E-state index is -0.0649. The summed E-state index contributed by atoms with van der Waals surface area (Å²) in [5, 5.41) is 15.2. The largest absolute Gasteiger partial charge is 0.396 e. The van der Waals surface area contributed by atoms with Crippen LogP contribution >= 0.6 is 0 Å². The zero-order valence-electron chi connectivity index (χ0n) is 11.1. The van der Waals surface area contributed by atoms with Crippen molar-refractivity contribution < 1.29 is 5.11 Å². The van der Waals surface area contributed by atoms with Gasteiger partial charge in [-0.05, 0) is 16.3 Å². The molecule has 2 nitrogen and oxygen atoms in total. The highest BCUT2D eigenvalue weighted by Crippen LogP contribution is 2.19. The summed E-state index contributed by atoms with van der Waals surface area (Å²) in [6.07, 6.45) is 0. The van der Waals surface area contributed by atoms with E-state index in [-0.39, 0.29) is 12.0 Å². The fraction of sp³-hybridized carbons (Fsp3) is 0.375. The SMILES string of the molecule is CC(C)(CO)CNCc1cccc2ccccc12. The number of hydrogen-bond donors (Lipinski definition) is 2. The number of aliphatic hydroxyl groups excluding tert-OH is 1. The number of aliphatic hydroxyl groups is 1. The summed E-state index contributed by atoms with van der Waals surface area (Å²) in [6.45, 7) is 5.97. The molecular formula is C16H21NO. The highest BCUT2D eigenvalue weighted by molar-refractivity contribution is 5.85. The molecule has 0 atom stereocenters. The third-order valence-corrected chi connectivity index (χ3v) is 3.23. The van der Waals surface area contributed by atoms with Crippen LogP contribution in [0.15, 0.2) is 42.5 Å². The molecule has 96 valence electrons. The van der Waals surface area contributed by atoms with E-state index in [1.165, 1.54) is 16.3 Å². The van der Waals surface area contributed by atoms with E-state index in [1.54, 1.807) is 0 Å². The molecule has 0 aromatic heterocycles. The Morgan fingerprint density at radius 1 is 1.06 bits per heavy atom. The lowest BCUT2D eigenvalue weighted by Crippen LogP contribution is -2.31. The molecule has 0 bridgehead atoms. The summed E-state index contributed by atoms with van der Waals surface area (Å²) in [4.78, 5) is 0. The van der Waals surface area contributed by atoms with E-state index in [2.05, 4.69) is 61.6 Å². The van der Waals surface area contributed by atoms with Gasteiger partial charge in [-0.3, -0.25) is 0 Å². The van der Waals surface area contributed by atoms with Gasteiger partial charge in [-0.15, -0.1) is 0 Å². The second kappa shape index (κ2) is 5.51. The van der Waals surface area contributed by atoms with E-state index in [4.69, 9.17) is 0 Å². The van der Waals surface area contributed by atoms with Crippen LogP contribution < -0.4 is 5.32 Å². The fourth-order valence-corrected chi connectivity index (χ4v) is 2.04. The Morgan fingerprint density at radius 3 is 2.56 bits per heavy atom. The van der Waals surface area contributed by atoms with Crippen LogP contribution in [0.2, 0.25) is 0 Å². The van der Waals surface area contributed by atoms with Gasteiger partial charge in [0.2, 0.25) is 0 Å². The predicted molar refractivity (Wildman–Crippen MR) is 76.5 cm³/mol. The average Bonchev–Trinajstić information content (AvgIpc) is 2.39. The van der Waals surface area contributed by atoms with Crippen molar-refractivity contribution in [3.05, 3.63) is 48.0 Å². The van der Waals surface area contributed by atoms with Crippen molar-refractivity contribution >= 4 is 10.8 Å². The van der Waals surface area contributed by atoms with Crippen molar-refractivity contribution in [2.24, 2.45) is 5.41 Å². The van der Waals surface area contributed by atoms with Gasteiger partial charge in [0.05, 0.1) is 0 Å². The number of benzene rings is 2. The van der Waals surface area contributed by atoms with Gasteiger partial charge in [0.15, 0.2) is 0 Å². The van der Waals surface area contributed by atoms with Crippen molar-refractivity contribution in [3.8, 4) is 0 Å². The van der Waals surface area contributed by atoms with Gasteiger partial charge in [-0.25, -0.2) is 0 Å². The van der Waals surface area contributed by atoms with Crippen molar-refractivity contribution in [2.75, 3.05) is 13.2 Å². The molecule has 2 aromatic rings. The van der Waals surface area contributed by atoms with Gasteiger partial charge < -0.3 is 10.4 Å². The van der Waals surface area contributed by atoms with E-state index in [0.717, 1.165) is 13.1 Å². The quantitative estimate of drug-likeness (QED) is 0.846. The first kappa shape index (κ1) is 13.1. The van der Waals surface area contributed by atoms with Crippen molar-refractivity contribution in [1.29, 1.82) is 0 Å². The average molecular weight is 243 g/mol. The van der Waals surface area contributed by atoms with E-state index in [0.29, 0.717) is 0 Å². The number of rotatable bonds is 5. The van der Waals surface area contributed by atoms with Gasteiger partial charge in [0.1, 0.15) is 0 Å². The van der Waals surface area contributed by atoms with Crippen LogP contribution in [0.5, 0.6) is 0 Å². The topological polar surface area (TPSA) is 32.3 Å². The summed E-state index contributed by atoms with van der Waals surface area (Å²) in [7, 11) is 0. The molecule has 0 saturated heterocycles. The maximum Gasteiger partial charge on any atom is 0.0494 e. The first-order valence-electron chi connectivity index (χ1n) is 6.41. The molecule has 0 heterocycles. The summed E-state index contributed by atoms with van der Waals surface area (Å²) < 4.78 is 0. The van der Waals surface area contributed by atoms with Crippen LogP contribution in [-0.2, 0) is 6.54 Å². The van der Waals surface area contributed by atoms with E-state index < -0.39 is 0 Å². The molecule has 0 unspecified atom stereocenters. The van der Waals surface area contributed by atoms with E-state index in [9.17, 15) is 5.11 Å². The molecule has 2 N–H and O–H groups in total. The lowest BCUT2D eigenvalue weighted by atomic mass is 9.95. The Morgan fingerprint density at radius 2 is 1.78 bits per heavy atom. The summed E-state index contributed by atoms with van der Waals surface area (Å²) in [5.74, 6) is 0. The molecule has 2 rings (SSSR count).